The van der Waals surface area contributed by atoms with Crippen LogP contribution in [0, 0.1) is 11.3 Å². The second-order valence-electron chi connectivity index (χ2n) is 6.49. The summed E-state index contributed by atoms with van der Waals surface area (Å²) in [7, 11) is 1.93. The molecule has 3 nitrogen and oxygen atoms in total. The zero-order chi connectivity index (χ0) is 13.2. The fraction of sp³-hybridized carbons (Fsp3) is 0.929. The van der Waals surface area contributed by atoms with E-state index in [1.165, 1.54) is 12.8 Å². The van der Waals surface area contributed by atoms with Crippen LogP contribution in [0.3, 0.4) is 0 Å². The van der Waals surface area contributed by atoms with Crippen molar-refractivity contribution in [3.8, 4) is 0 Å². The molecule has 0 saturated heterocycles. The molecule has 108 valence electrons. The Morgan fingerprint density at radius 1 is 1.28 bits per heavy atom. The van der Waals surface area contributed by atoms with Gasteiger partial charge in [-0.15, -0.1) is 12.4 Å². The highest BCUT2D eigenvalue weighted by Crippen LogP contribution is 2.36. The van der Waals surface area contributed by atoms with Crippen molar-refractivity contribution in [1.82, 2.24) is 4.90 Å². The lowest BCUT2D eigenvalue weighted by Crippen LogP contribution is -2.46. The molecule has 0 radical (unpaired) electrons. The van der Waals surface area contributed by atoms with Crippen molar-refractivity contribution < 1.29 is 4.79 Å². The molecule has 2 unspecified atom stereocenters. The first-order valence-electron chi connectivity index (χ1n) is 6.77. The molecule has 0 spiro atoms. The van der Waals surface area contributed by atoms with Gasteiger partial charge in [-0.2, -0.15) is 0 Å². The average Bonchev–Trinajstić information content (AvgIpc) is 2.26. The number of hydrogen-bond donors (Lipinski definition) is 1. The lowest BCUT2D eigenvalue weighted by atomic mass is 9.75. The van der Waals surface area contributed by atoms with Crippen LogP contribution in [0.5, 0.6) is 0 Å². The van der Waals surface area contributed by atoms with E-state index >= 15 is 0 Å². The van der Waals surface area contributed by atoms with E-state index in [0.29, 0.717) is 11.5 Å². The molecule has 1 aliphatic rings. The van der Waals surface area contributed by atoms with E-state index in [9.17, 15) is 4.79 Å². The normalized spacial score (nSPS) is 22.8. The van der Waals surface area contributed by atoms with Crippen molar-refractivity contribution in [3.05, 3.63) is 0 Å². The van der Waals surface area contributed by atoms with E-state index in [0.717, 1.165) is 12.8 Å². The zero-order valence-corrected chi connectivity index (χ0v) is 13.2. The summed E-state index contributed by atoms with van der Waals surface area (Å²) >= 11 is 0. The lowest BCUT2D eigenvalue weighted by molar-refractivity contribution is -0.137. The summed E-state index contributed by atoms with van der Waals surface area (Å²) < 4.78 is 0. The van der Waals surface area contributed by atoms with Crippen LogP contribution in [0.4, 0.5) is 0 Å². The third-order valence-corrected chi connectivity index (χ3v) is 4.38. The number of amides is 1. The van der Waals surface area contributed by atoms with Gasteiger partial charge in [0.2, 0.25) is 5.91 Å². The molecular weight excluding hydrogens is 248 g/mol. The summed E-state index contributed by atoms with van der Waals surface area (Å²) in [4.78, 5) is 14.1. The third kappa shape index (κ3) is 4.43. The van der Waals surface area contributed by atoms with Crippen LogP contribution < -0.4 is 5.73 Å². The highest BCUT2D eigenvalue weighted by molar-refractivity contribution is 5.85. The maximum absolute atomic E-state index is 12.2. The highest BCUT2D eigenvalue weighted by Gasteiger charge is 2.32. The largest absolute Gasteiger partial charge is 0.342 e. The molecule has 0 aromatic carbocycles. The van der Waals surface area contributed by atoms with Crippen molar-refractivity contribution >= 4 is 18.3 Å². The van der Waals surface area contributed by atoms with Gasteiger partial charge in [0.05, 0.1) is 5.92 Å². The van der Waals surface area contributed by atoms with Crippen LogP contribution in [0.15, 0.2) is 0 Å². The van der Waals surface area contributed by atoms with Crippen molar-refractivity contribution in [2.45, 2.75) is 65.5 Å². The Balaban J connectivity index is 0.00000289. The summed E-state index contributed by atoms with van der Waals surface area (Å²) in [5.41, 5.74) is 6.25. The van der Waals surface area contributed by atoms with E-state index < -0.39 is 0 Å². The monoisotopic (exact) mass is 276 g/mol. The van der Waals surface area contributed by atoms with Gasteiger partial charge in [-0.25, -0.2) is 0 Å². The van der Waals surface area contributed by atoms with Crippen LogP contribution >= 0.6 is 12.4 Å². The Bertz CT molecular complexity index is 269. The van der Waals surface area contributed by atoms with E-state index in [-0.39, 0.29) is 30.3 Å². The van der Waals surface area contributed by atoms with E-state index in [1.807, 2.05) is 25.8 Å². The smallest absolute Gasteiger partial charge is 0.226 e. The Morgan fingerprint density at radius 3 is 2.11 bits per heavy atom. The second-order valence-corrected chi connectivity index (χ2v) is 6.49. The Hall–Kier alpha value is -0.280. The highest BCUT2D eigenvalue weighted by atomic mass is 35.5. The SMILES string of the molecule is CC(N)C(C)C(=O)N(C)C1CCC(C)(C)CC1.Cl. The Kier molecular flexibility index (Phi) is 6.66. The molecule has 1 amide bonds. The van der Waals surface area contributed by atoms with Gasteiger partial charge in [0, 0.05) is 19.1 Å². The van der Waals surface area contributed by atoms with Gasteiger partial charge in [-0.3, -0.25) is 4.79 Å². The molecule has 0 heterocycles. The number of nitrogens with two attached hydrogens (primary N) is 1. The molecule has 2 N–H and O–H groups in total. The number of hydrogen-bond acceptors (Lipinski definition) is 2. The van der Waals surface area contributed by atoms with Gasteiger partial charge in [0.1, 0.15) is 0 Å². The fourth-order valence-corrected chi connectivity index (χ4v) is 2.50. The van der Waals surface area contributed by atoms with Crippen LogP contribution in [-0.4, -0.2) is 29.9 Å². The van der Waals surface area contributed by atoms with Crippen LogP contribution in [0.2, 0.25) is 0 Å². The number of halogens is 1. The molecule has 1 rings (SSSR count). The molecule has 0 bridgehead atoms. The number of rotatable bonds is 3. The molecular formula is C14H29ClN2O. The van der Waals surface area contributed by atoms with Crippen molar-refractivity contribution in [2.75, 3.05) is 7.05 Å². The standard InChI is InChI=1S/C14H28N2O.ClH/c1-10(11(2)15)13(17)16(5)12-6-8-14(3,4)9-7-12;/h10-12H,6-9,15H2,1-5H3;1H. The minimum absolute atomic E-state index is 0. The summed E-state index contributed by atoms with van der Waals surface area (Å²) in [6, 6.07) is 0.349. The zero-order valence-electron chi connectivity index (χ0n) is 12.4. The topological polar surface area (TPSA) is 46.3 Å². The van der Waals surface area contributed by atoms with Gasteiger partial charge in [-0.05, 0) is 38.0 Å². The van der Waals surface area contributed by atoms with Crippen LogP contribution in [0.25, 0.3) is 0 Å². The first-order valence-corrected chi connectivity index (χ1v) is 6.77. The van der Waals surface area contributed by atoms with E-state index in [1.54, 1.807) is 0 Å². The molecule has 0 aromatic heterocycles. The molecule has 1 aliphatic carbocycles. The molecule has 0 aliphatic heterocycles. The summed E-state index contributed by atoms with van der Waals surface area (Å²) in [5.74, 6) is 0.125. The number of carbonyl (C=O) groups excluding carboxylic acids is 1. The molecule has 18 heavy (non-hydrogen) atoms. The second kappa shape index (κ2) is 6.76. The van der Waals surface area contributed by atoms with Gasteiger partial charge >= 0.3 is 0 Å². The predicted molar refractivity (Wildman–Crippen MR) is 78.9 cm³/mol. The quantitative estimate of drug-likeness (QED) is 0.862. The first kappa shape index (κ1) is 17.7. The molecule has 1 saturated carbocycles. The van der Waals surface area contributed by atoms with Gasteiger partial charge in [-0.1, -0.05) is 20.8 Å². The van der Waals surface area contributed by atoms with Gasteiger partial charge < -0.3 is 10.6 Å². The van der Waals surface area contributed by atoms with Crippen LogP contribution in [0.1, 0.15) is 53.4 Å². The maximum Gasteiger partial charge on any atom is 0.226 e. The molecule has 1 fully saturated rings. The molecule has 0 aromatic rings. The van der Waals surface area contributed by atoms with Crippen LogP contribution in [-0.2, 0) is 4.79 Å². The number of nitrogens with zero attached hydrogens (tertiary/aromatic N) is 1. The summed E-state index contributed by atoms with van der Waals surface area (Å²) in [5, 5.41) is 0. The average molecular weight is 277 g/mol. The molecule has 2 atom stereocenters. The summed E-state index contributed by atoms with van der Waals surface area (Å²) in [6.07, 6.45) is 4.67. The first-order chi connectivity index (χ1) is 7.74. The summed E-state index contributed by atoms with van der Waals surface area (Å²) in [6.45, 7) is 8.46. The van der Waals surface area contributed by atoms with Gasteiger partial charge in [0.15, 0.2) is 0 Å². The minimum atomic E-state index is -0.0741. The lowest BCUT2D eigenvalue weighted by Gasteiger charge is -2.39. The molecule has 4 heteroatoms. The van der Waals surface area contributed by atoms with Crippen molar-refractivity contribution in [3.63, 3.8) is 0 Å². The fourth-order valence-electron chi connectivity index (χ4n) is 2.50. The van der Waals surface area contributed by atoms with E-state index in [2.05, 4.69) is 13.8 Å². The predicted octanol–water partition coefficient (Wildman–Crippen LogP) is 2.82. The minimum Gasteiger partial charge on any atom is -0.342 e. The number of carbonyl (C=O) groups is 1. The third-order valence-electron chi connectivity index (χ3n) is 4.38. The Labute approximate surface area is 118 Å². The Morgan fingerprint density at radius 2 is 1.72 bits per heavy atom. The van der Waals surface area contributed by atoms with Crippen molar-refractivity contribution in [1.29, 1.82) is 0 Å². The van der Waals surface area contributed by atoms with Crippen molar-refractivity contribution in [2.24, 2.45) is 17.1 Å². The van der Waals surface area contributed by atoms with Gasteiger partial charge in [0.25, 0.3) is 0 Å². The van der Waals surface area contributed by atoms with E-state index in [4.69, 9.17) is 5.73 Å². The maximum atomic E-state index is 12.2.